The van der Waals surface area contributed by atoms with Gasteiger partial charge >= 0.3 is 0 Å². The summed E-state index contributed by atoms with van der Waals surface area (Å²) in [6.07, 6.45) is 0.377. The van der Waals surface area contributed by atoms with Gasteiger partial charge < -0.3 is 21.5 Å². The van der Waals surface area contributed by atoms with Crippen molar-refractivity contribution in [3.05, 3.63) is 0 Å². The lowest BCUT2D eigenvalue weighted by molar-refractivity contribution is 0.0584. The predicted molar refractivity (Wildman–Crippen MR) is 54.9 cm³/mol. The van der Waals surface area contributed by atoms with Gasteiger partial charge in [-0.3, -0.25) is 5.41 Å². The summed E-state index contributed by atoms with van der Waals surface area (Å²) in [6.45, 7) is 3.19. The number of nitrogens with two attached hydrogens (primary N) is 2. The van der Waals surface area contributed by atoms with Gasteiger partial charge in [0.05, 0.1) is 6.10 Å². The molecule has 14 heavy (non-hydrogen) atoms. The fourth-order valence-corrected chi connectivity index (χ4v) is 1.52. The van der Waals surface area contributed by atoms with Crippen LogP contribution in [0.5, 0.6) is 0 Å². The number of aliphatic imine (C=N–C) groups is 1. The summed E-state index contributed by atoms with van der Waals surface area (Å²) in [5.74, 6) is 0.121. The molecule has 2 unspecified atom stereocenters. The Morgan fingerprint density at radius 2 is 2.21 bits per heavy atom. The lowest BCUT2D eigenvalue weighted by Gasteiger charge is -2.34. The number of hydrogen-bond acceptors (Lipinski definition) is 2. The highest BCUT2D eigenvalue weighted by Gasteiger charge is 2.25. The molecule has 1 rings (SSSR count). The Balaban J connectivity index is 2.55. The third-order valence-electron chi connectivity index (χ3n) is 2.39. The zero-order valence-corrected chi connectivity index (χ0v) is 8.27. The topological polar surface area (TPSA) is 112 Å². The smallest absolute Gasteiger partial charge is 0.221 e. The van der Waals surface area contributed by atoms with E-state index in [2.05, 4.69) is 4.99 Å². The van der Waals surface area contributed by atoms with Crippen LogP contribution in [0.3, 0.4) is 0 Å². The Bertz CT molecular complexity index is 248. The van der Waals surface area contributed by atoms with Gasteiger partial charge in [0.15, 0.2) is 5.96 Å². The Morgan fingerprint density at radius 1 is 1.57 bits per heavy atom. The number of nitrogens with one attached hydrogen (secondary N) is 1. The van der Waals surface area contributed by atoms with Crippen LogP contribution in [0.15, 0.2) is 4.99 Å². The number of aliphatic hydroxyl groups excluding tert-OH is 1. The average Bonchev–Trinajstić information content (AvgIpc) is 2.08. The molecule has 0 spiro atoms. The van der Waals surface area contributed by atoms with Crippen molar-refractivity contribution in [1.29, 1.82) is 5.41 Å². The second-order valence-corrected chi connectivity index (χ2v) is 3.64. The van der Waals surface area contributed by atoms with Gasteiger partial charge in [0, 0.05) is 13.1 Å². The van der Waals surface area contributed by atoms with E-state index in [0.29, 0.717) is 19.5 Å². The first-order valence-corrected chi connectivity index (χ1v) is 4.62. The van der Waals surface area contributed by atoms with Crippen molar-refractivity contribution in [3.8, 4) is 0 Å². The number of rotatable bonds is 0. The largest absolute Gasteiger partial charge is 0.393 e. The molecule has 2 atom stereocenters. The van der Waals surface area contributed by atoms with Gasteiger partial charge in [0.1, 0.15) is 0 Å². The van der Waals surface area contributed by atoms with Gasteiger partial charge in [-0.2, -0.15) is 4.99 Å². The third-order valence-corrected chi connectivity index (χ3v) is 2.39. The summed E-state index contributed by atoms with van der Waals surface area (Å²) < 4.78 is 0. The minimum Gasteiger partial charge on any atom is -0.393 e. The summed E-state index contributed by atoms with van der Waals surface area (Å²) in [7, 11) is 0. The van der Waals surface area contributed by atoms with Gasteiger partial charge in [0.2, 0.25) is 5.96 Å². The second-order valence-electron chi connectivity index (χ2n) is 3.64. The molecule has 6 N–H and O–H groups in total. The number of aliphatic hydroxyl groups is 1. The van der Waals surface area contributed by atoms with E-state index in [0.717, 1.165) is 0 Å². The van der Waals surface area contributed by atoms with E-state index < -0.39 is 0 Å². The van der Waals surface area contributed by atoms with Crippen molar-refractivity contribution < 1.29 is 5.11 Å². The summed E-state index contributed by atoms with van der Waals surface area (Å²) in [5.41, 5.74) is 10.3. The van der Waals surface area contributed by atoms with Gasteiger partial charge in [-0.15, -0.1) is 0 Å². The van der Waals surface area contributed by atoms with Gasteiger partial charge in [-0.25, -0.2) is 0 Å². The van der Waals surface area contributed by atoms with Gasteiger partial charge in [0.25, 0.3) is 0 Å². The molecule has 1 aliphatic rings. The predicted octanol–water partition coefficient (Wildman–Crippen LogP) is -1.10. The third kappa shape index (κ3) is 2.59. The van der Waals surface area contributed by atoms with Crippen LogP contribution in [-0.4, -0.2) is 41.1 Å². The molecule has 6 nitrogen and oxygen atoms in total. The van der Waals surface area contributed by atoms with Crippen molar-refractivity contribution in [2.75, 3.05) is 13.1 Å². The quantitative estimate of drug-likeness (QED) is 0.293. The van der Waals surface area contributed by atoms with Crippen molar-refractivity contribution >= 4 is 11.9 Å². The molecule has 0 aliphatic carbocycles. The highest BCUT2D eigenvalue weighted by Crippen LogP contribution is 2.16. The first-order valence-electron chi connectivity index (χ1n) is 4.62. The molecule has 6 heteroatoms. The fraction of sp³-hybridized carbons (Fsp3) is 0.750. The standard InChI is InChI=1S/C8H17N5O/c1-5-4-13(3-2-6(5)14)8(11)12-7(9)10/h5-6,14H,2-4H2,1H3,(H5,9,10,11,12). The SMILES string of the molecule is CC1CN(C(=N)N=C(N)N)CCC1O. The molecule has 0 radical (unpaired) electrons. The van der Waals surface area contributed by atoms with E-state index in [1.807, 2.05) is 6.92 Å². The fourth-order valence-electron chi connectivity index (χ4n) is 1.52. The van der Waals surface area contributed by atoms with Crippen LogP contribution in [-0.2, 0) is 0 Å². The molecular formula is C8H17N5O. The highest BCUT2D eigenvalue weighted by molar-refractivity contribution is 5.91. The highest BCUT2D eigenvalue weighted by atomic mass is 16.3. The van der Waals surface area contributed by atoms with Crippen LogP contribution < -0.4 is 11.5 Å². The van der Waals surface area contributed by atoms with E-state index in [4.69, 9.17) is 16.9 Å². The lowest BCUT2D eigenvalue weighted by atomic mass is 9.97. The zero-order valence-electron chi connectivity index (χ0n) is 8.27. The van der Waals surface area contributed by atoms with E-state index in [-0.39, 0.29) is 23.9 Å². The van der Waals surface area contributed by atoms with E-state index in [1.54, 1.807) is 4.90 Å². The number of nitrogens with zero attached hydrogens (tertiary/aromatic N) is 2. The van der Waals surface area contributed by atoms with Gasteiger partial charge in [-0.05, 0) is 12.3 Å². The molecule has 0 aromatic carbocycles. The van der Waals surface area contributed by atoms with Crippen LogP contribution in [0.25, 0.3) is 0 Å². The van der Waals surface area contributed by atoms with E-state index in [9.17, 15) is 5.11 Å². The van der Waals surface area contributed by atoms with Crippen molar-refractivity contribution in [2.45, 2.75) is 19.4 Å². The molecule has 1 heterocycles. The maximum absolute atomic E-state index is 9.48. The first kappa shape index (κ1) is 10.8. The molecule has 0 aromatic heterocycles. The average molecular weight is 199 g/mol. The number of guanidine groups is 2. The molecule has 0 aromatic rings. The molecule has 0 bridgehead atoms. The van der Waals surface area contributed by atoms with Crippen molar-refractivity contribution in [1.82, 2.24) is 4.90 Å². The molecule has 0 saturated carbocycles. The van der Waals surface area contributed by atoms with Crippen LogP contribution in [0.2, 0.25) is 0 Å². The van der Waals surface area contributed by atoms with Crippen molar-refractivity contribution in [2.24, 2.45) is 22.4 Å². The summed E-state index contributed by atoms with van der Waals surface area (Å²) in [5, 5.41) is 17.0. The first-order chi connectivity index (χ1) is 6.50. The summed E-state index contributed by atoms with van der Waals surface area (Å²) >= 11 is 0. The maximum atomic E-state index is 9.48. The number of likely N-dealkylation sites (tertiary alicyclic amines) is 1. The van der Waals surface area contributed by atoms with Crippen LogP contribution in [0.4, 0.5) is 0 Å². The number of piperidine rings is 1. The molecule has 1 aliphatic heterocycles. The zero-order chi connectivity index (χ0) is 10.7. The molecule has 1 saturated heterocycles. The number of hydrogen-bond donors (Lipinski definition) is 4. The second kappa shape index (κ2) is 4.28. The van der Waals surface area contributed by atoms with Crippen molar-refractivity contribution in [3.63, 3.8) is 0 Å². The summed E-state index contributed by atoms with van der Waals surface area (Å²) in [6, 6.07) is 0. The van der Waals surface area contributed by atoms with Crippen LogP contribution in [0, 0.1) is 11.3 Å². The monoisotopic (exact) mass is 199 g/mol. The van der Waals surface area contributed by atoms with E-state index in [1.165, 1.54) is 0 Å². The minimum atomic E-state index is -0.279. The molecular weight excluding hydrogens is 182 g/mol. The summed E-state index contributed by atoms with van der Waals surface area (Å²) in [4.78, 5) is 5.42. The lowest BCUT2D eigenvalue weighted by Crippen LogP contribution is -2.45. The normalized spacial score (nSPS) is 27.1. The minimum absolute atomic E-state index is 0.0729. The van der Waals surface area contributed by atoms with Gasteiger partial charge in [-0.1, -0.05) is 6.92 Å². The Kier molecular flexibility index (Phi) is 3.29. The Hall–Kier alpha value is -1.30. The maximum Gasteiger partial charge on any atom is 0.221 e. The van der Waals surface area contributed by atoms with Crippen LogP contribution >= 0.6 is 0 Å². The molecule has 80 valence electrons. The van der Waals surface area contributed by atoms with E-state index >= 15 is 0 Å². The van der Waals surface area contributed by atoms with Crippen LogP contribution in [0.1, 0.15) is 13.3 Å². The Morgan fingerprint density at radius 3 is 2.71 bits per heavy atom. The molecule has 0 amide bonds. The molecule has 1 fully saturated rings. The Labute approximate surface area is 83.1 Å².